The topological polar surface area (TPSA) is 12.0 Å². The normalized spacial score (nSPS) is 12.6. The van der Waals surface area contributed by atoms with Crippen molar-refractivity contribution in [3.63, 3.8) is 0 Å². The molecule has 1 aromatic carbocycles. The highest BCUT2D eigenvalue weighted by atomic mass is 79.9. The van der Waals surface area contributed by atoms with Gasteiger partial charge >= 0.3 is 0 Å². The zero-order chi connectivity index (χ0) is 13.0. The molecule has 0 fully saturated rings. The summed E-state index contributed by atoms with van der Waals surface area (Å²) in [5, 5.41) is 7.48. The fraction of sp³-hybridized carbons (Fsp3) is 0.286. The van der Waals surface area contributed by atoms with Crippen molar-refractivity contribution in [3.05, 3.63) is 56.4 Å². The standard InChI is InChI=1S/C14H15BrFNS/c1-2-6-17-14(10-5-7-18-9-10)12-4-3-11(15)8-13(12)16/h3-5,7-9,14,17H,2,6H2,1H3. The van der Waals surface area contributed by atoms with E-state index < -0.39 is 0 Å². The molecule has 0 spiro atoms. The van der Waals surface area contributed by atoms with Gasteiger partial charge in [-0.15, -0.1) is 0 Å². The van der Waals surface area contributed by atoms with Crippen LogP contribution in [0.5, 0.6) is 0 Å². The van der Waals surface area contributed by atoms with Crippen LogP contribution in [-0.2, 0) is 0 Å². The van der Waals surface area contributed by atoms with Crippen LogP contribution in [0.4, 0.5) is 4.39 Å². The third-order valence-corrected chi connectivity index (χ3v) is 3.94. The predicted molar refractivity (Wildman–Crippen MR) is 78.6 cm³/mol. The highest BCUT2D eigenvalue weighted by molar-refractivity contribution is 9.10. The maximum Gasteiger partial charge on any atom is 0.129 e. The molecule has 18 heavy (non-hydrogen) atoms. The highest BCUT2D eigenvalue weighted by Crippen LogP contribution is 2.27. The van der Waals surface area contributed by atoms with Crippen molar-refractivity contribution in [2.24, 2.45) is 0 Å². The number of hydrogen-bond donors (Lipinski definition) is 1. The van der Waals surface area contributed by atoms with Crippen LogP contribution in [0.2, 0.25) is 0 Å². The summed E-state index contributed by atoms with van der Waals surface area (Å²) < 4.78 is 14.8. The molecule has 2 aromatic rings. The van der Waals surface area contributed by atoms with Crippen molar-refractivity contribution in [1.82, 2.24) is 5.32 Å². The summed E-state index contributed by atoms with van der Waals surface area (Å²) in [6, 6.07) is 7.21. The van der Waals surface area contributed by atoms with Crippen molar-refractivity contribution < 1.29 is 4.39 Å². The second-order valence-electron chi connectivity index (χ2n) is 4.11. The Labute approximate surface area is 119 Å². The van der Waals surface area contributed by atoms with Crippen molar-refractivity contribution in [2.45, 2.75) is 19.4 Å². The summed E-state index contributed by atoms with van der Waals surface area (Å²) in [7, 11) is 0. The number of hydrogen-bond acceptors (Lipinski definition) is 2. The Hall–Kier alpha value is -0.710. The molecule has 4 heteroatoms. The number of thiophene rings is 1. The molecular formula is C14H15BrFNS. The maximum absolute atomic E-state index is 14.1. The molecule has 0 radical (unpaired) electrons. The fourth-order valence-electron chi connectivity index (χ4n) is 1.87. The molecule has 0 aliphatic rings. The van der Waals surface area contributed by atoms with Gasteiger partial charge in [0.2, 0.25) is 0 Å². The van der Waals surface area contributed by atoms with Crippen LogP contribution in [0.15, 0.2) is 39.5 Å². The second-order valence-corrected chi connectivity index (χ2v) is 5.81. The largest absolute Gasteiger partial charge is 0.306 e. The Morgan fingerprint density at radius 3 is 2.83 bits per heavy atom. The molecule has 1 heterocycles. The zero-order valence-corrected chi connectivity index (χ0v) is 12.5. The van der Waals surface area contributed by atoms with E-state index in [2.05, 4.69) is 33.6 Å². The maximum atomic E-state index is 14.1. The molecule has 1 atom stereocenters. The van der Waals surface area contributed by atoms with E-state index in [0.29, 0.717) is 5.56 Å². The Bertz CT molecular complexity index is 499. The summed E-state index contributed by atoms with van der Waals surface area (Å²) >= 11 is 4.92. The Kier molecular flexibility index (Phi) is 4.92. The van der Waals surface area contributed by atoms with Gasteiger partial charge in [-0.25, -0.2) is 4.39 Å². The third-order valence-electron chi connectivity index (χ3n) is 2.75. The van der Waals surface area contributed by atoms with Crippen LogP contribution in [0, 0.1) is 5.82 Å². The van der Waals surface area contributed by atoms with Gasteiger partial charge in [-0.2, -0.15) is 11.3 Å². The minimum atomic E-state index is -0.177. The van der Waals surface area contributed by atoms with Gasteiger partial charge in [0, 0.05) is 10.0 Å². The third kappa shape index (κ3) is 3.19. The van der Waals surface area contributed by atoms with Crippen molar-refractivity contribution in [2.75, 3.05) is 6.54 Å². The Morgan fingerprint density at radius 1 is 1.39 bits per heavy atom. The van der Waals surface area contributed by atoms with E-state index >= 15 is 0 Å². The molecule has 0 saturated carbocycles. The lowest BCUT2D eigenvalue weighted by Crippen LogP contribution is -2.23. The molecule has 1 N–H and O–H groups in total. The first-order valence-electron chi connectivity index (χ1n) is 5.92. The minimum absolute atomic E-state index is 0.0655. The number of rotatable bonds is 5. The van der Waals surface area contributed by atoms with Crippen molar-refractivity contribution in [3.8, 4) is 0 Å². The quantitative estimate of drug-likeness (QED) is 0.836. The summed E-state index contributed by atoms with van der Waals surface area (Å²) in [6.45, 7) is 2.98. The molecule has 0 aliphatic heterocycles. The summed E-state index contributed by atoms with van der Waals surface area (Å²) in [4.78, 5) is 0. The van der Waals surface area contributed by atoms with Crippen molar-refractivity contribution in [1.29, 1.82) is 0 Å². The first-order valence-corrected chi connectivity index (χ1v) is 7.66. The van der Waals surface area contributed by atoms with E-state index in [-0.39, 0.29) is 11.9 Å². The van der Waals surface area contributed by atoms with Crippen LogP contribution in [0.1, 0.15) is 30.5 Å². The predicted octanol–water partition coefficient (Wildman–Crippen LogP) is 4.74. The van der Waals surface area contributed by atoms with Crippen LogP contribution >= 0.6 is 27.3 Å². The van der Waals surface area contributed by atoms with Crippen molar-refractivity contribution >= 4 is 27.3 Å². The van der Waals surface area contributed by atoms with Gasteiger partial charge in [-0.1, -0.05) is 28.9 Å². The lowest BCUT2D eigenvalue weighted by molar-refractivity contribution is 0.547. The molecule has 0 saturated heterocycles. The molecule has 0 aliphatic carbocycles. The molecule has 96 valence electrons. The molecule has 1 nitrogen and oxygen atoms in total. The number of benzene rings is 1. The molecule has 1 aromatic heterocycles. The van der Waals surface area contributed by atoms with Gasteiger partial charge in [0.15, 0.2) is 0 Å². The van der Waals surface area contributed by atoms with Gasteiger partial charge in [0.1, 0.15) is 5.82 Å². The molecule has 0 bridgehead atoms. The lowest BCUT2D eigenvalue weighted by atomic mass is 10.0. The van der Waals surface area contributed by atoms with Crippen LogP contribution < -0.4 is 5.32 Å². The molecule has 2 rings (SSSR count). The molecule has 1 unspecified atom stereocenters. The lowest BCUT2D eigenvalue weighted by Gasteiger charge is -2.19. The van der Waals surface area contributed by atoms with Gasteiger partial charge in [-0.05, 0) is 47.5 Å². The zero-order valence-electron chi connectivity index (χ0n) is 10.1. The molecular weight excluding hydrogens is 313 g/mol. The average molecular weight is 328 g/mol. The second kappa shape index (κ2) is 6.45. The van der Waals surface area contributed by atoms with Crippen LogP contribution in [0.25, 0.3) is 0 Å². The summed E-state index contributed by atoms with van der Waals surface area (Å²) in [6.07, 6.45) is 1.03. The average Bonchev–Trinajstić information content (AvgIpc) is 2.85. The Balaban J connectivity index is 2.33. The van der Waals surface area contributed by atoms with Gasteiger partial charge in [-0.3, -0.25) is 0 Å². The summed E-state index contributed by atoms with van der Waals surface area (Å²) in [5.41, 5.74) is 1.82. The monoisotopic (exact) mass is 327 g/mol. The van der Waals surface area contributed by atoms with E-state index in [0.717, 1.165) is 23.0 Å². The Morgan fingerprint density at radius 2 is 2.22 bits per heavy atom. The minimum Gasteiger partial charge on any atom is -0.306 e. The van der Waals surface area contributed by atoms with E-state index in [1.165, 1.54) is 6.07 Å². The van der Waals surface area contributed by atoms with Gasteiger partial charge in [0.05, 0.1) is 6.04 Å². The smallest absolute Gasteiger partial charge is 0.129 e. The van der Waals surface area contributed by atoms with E-state index in [1.807, 2.05) is 23.6 Å². The fourth-order valence-corrected chi connectivity index (χ4v) is 2.89. The number of halogens is 2. The number of nitrogens with one attached hydrogen (secondary N) is 1. The van der Waals surface area contributed by atoms with Crippen LogP contribution in [-0.4, -0.2) is 6.54 Å². The van der Waals surface area contributed by atoms with E-state index in [4.69, 9.17) is 0 Å². The molecule has 0 amide bonds. The first kappa shape index (κ1) is 13.7. The van der Waals surface area contributed by atoms with Crippen LogP contribution in [0.3, 0.4) is 0 Å². The SMILES string of the molecule is CCCNC(c1ccsc1)c1ccc(Br)cc1F. The first-order chi connectivity index (χ1) is 8.72. The van der Waals surface area contributed by atoms with Gasteiger partial charge in [0.25, 0.3) is 0 Å². The highest BCUT2D eigenvalue weighted by Gasteiger charge is 2.17. The van der Waals surface area contributed by atoms with E-state index in [1.54, 1.807) is 11.3 Å². The van der Waals surface area contributed by atoms with E-state index in [9.17, 15) is 4.39 Å². The summed E-state index contributed by atoms with van der Waals surface area (Å²) in [5.74, 6) is -0.177. The van der Waals surface area contributed by atoms with Gasteiger partial charge < -0.3 is 5.32 Å².